The maximum atomic E-state index is 3.59. The van der Waals surface area contributed by atoms with Crippen LogP contribution in [0, 0.1) is 23.7 Å². The van der Waals surface area contributed by atoms with Crippen LogP contribution in [0.5, 0.6) is 0 Å². The van der Waals surface area contributed by atoms with Crippen molar-refractivity contribution in [1.29, 1.82) is 0 Å². The van der Waals surface area contributed by atoms with E-state index >= 15 is 0 Å². The van der Waals surface area contributed by atoms with Gasteiger partial charge in [0.05, 0.1) is 0 Å². The molecular formula is C54H36N2. The molecule has 9 aromatic carbocycles. The van der Waals surface area contributed by atoms with E-state index in [1.165, 1.54) is 0 Å². The molecule has 0 atom stereocenters. The van der Waals surface area contributed by atoms with Crippen LogP contribution >= 0.6 is 0 Å². The molecule has 56 heavy (non-hydrogen) atoms. The second-order valence-electron chi connectivity index (χ2n) is 13.4. The fraction of sp³-hybridized carbons (Fsp3) is 0. The van der Waals surface area contributed by atoms with Crippen LogP contribution in [0.3, 0.4) is 0 Å². The van der Waals surface area contributed by atoms with Crippen molar-refractivity contribution in [3.05, 3.63) is 241 Å². The molecule has 0 saturated carbocycles. The summed E-state index contributed by atoms with van der Waals surface area (Å²) in [5.74, 6) is 14.2. The Morgan fingerprint density at radius 1 is 0.214 bits per heavy atom. The highest BCUT2D eigenvalue weighted by Crippen LogP contribution is 2.36. The fourth-order valence-electron chi connectivity index (χ4n) is 7.26. The predicted molar refractivity (Wildman–Crippen MR) is 236 cm³/mol. The van der Waals surface area contributed by atoms with E-state index in [0.717, 1.165) is 77.9 Å². The molecule has 0 amide bonds. The van der Waals surface area contributed by atoms with Crippen LogP contribution in [0.2, 0.25) is 0 Å². The van der Waals surface area contributed by atoms with Crippen molar-refractivity contribution in [1.82, 2.24) is 0 Å². The summed E-state index contributed by atoms with van der Waals surface area (Å²) in [7, 11) is 0. The van der Waals surface area contributed by atoms with Crippen molar-refractivity contribution in [3.8, 4) is 23.7 Å². The van der Waals surface area contributed by atoms with Crippen molar-refractivity contribution < 1.29 is 0 Å². The molecule has 2 nitrogen and oxygen atoms in total. The van der Waals surface area contributed by atoms with Gasteiger partial charge >= 0.3 is 0 Å². The zero-order chi connectivity index (χ0) is 37.5. The highest BCUT2D eigenvalue weighted by atomic mass is 15.1. The van der Waals surface area contributed by atoms with E-state index in [2.05, 4.69) is 228 Å². The number of fused-ring (bicyclic) bond motifs is 2. The minimum Gasteiger partial charge on any atom is -0.311 e. The summed E-state index contributed by atoms with van der Waals surface area (Å²) in [4.78, 5) is 4.52. The third kappa shape index (κ3) is 7.00. The molecule has 0 spiro atoms. The van der Waals surface area contributed by atoms with E-state index in [1.807, 2.05) is 24.3 Å². The van der Waals surface area contributed by atoms with Gasteiger partial charge < -0.3 is 9.80 Å². The number of benzene rings is 9. The lowest BCUT2D eigenvalue weighted by molar-refractivity contribution is 1.28. The topological polar surface area (TPSA) is 6.48 Å². The molecule has 262 valence electrons. The normalized spacial score (nSPS) is 10.6. The Labute approximate surface area is 328 Å². The molecule has 0 unspecified atom stereocenters. The molecule has 0 bridgehead atoms. The smallest absolute Gasteiger partial charge is 0.0462 e. The third-order valence-electron chi connectivity index (χ3n) is 9.90. The average molecular weight is 713 g/mol. The monoisotopic (exact) mass is 712 g/mol. The molecule has 0 aliphatic carbocycles. The number of para-hydroxylation sites is 4. The quantitative estimate of drug-likeness (QED) is 0.125. The van der Waals surface area contributed by atoms with Gasteiger partial charge in [0, 0.05) is 56.4 Å². The van der Waals surface area contributed by atoms with Crippen LogP contribution in [0.1, 0.15) is 22.3 Å². The number of hydrogen-bond acceptors (Lipinski definition) is 2. The lowest BCUT2D eigenvalue weighted by Gasteiger charge is -2.25. The number of rotatable bonds is 6. The van der Waals surface area contributed by atoms with Crippen LogP contribution in [0.25, 0.3) is 21.5 Å². The van der Waals surface area contributed by atoms with Gasteiger partial charge in [-0.2, -0.15) is 0 Å². The van der Waals surface area contributed by atoms with E-state index in [1.54, 1.807) is 0 Å². The Hall–Kier alpha value is -7.78. The van der Waals surface area contributed by atoms with Gasteiger partial charge in [0.2, 0.25) is 0 Å². The van der Waals surface area contributed by atoms with Crippen molar-refractivity contribution in [2.45, 2.75) is 0 Å². The number of hydrogen-bond donors (Lipinski definition) is 0. The first-order valence-electron chi connectivity index (χ1n) is 18.8. The fourth-order valence-corrected chi connectivity index (χ4v) is 7.26. The summed E-state index contributed by atoms with van der Waals surface area (Å²) in [6, 6.07) is 75.8. The van der Waals surface area contributed by atoms with Crippen LogP contribution in [-0.2, 0) is 0 Å². The summed E-state index contributed by atoms with van der Waals surface area (Å²) >= 11 is 0. The van der Waals surface area contributed by atoms with E-state index in [0.29, 0.717) is 0 Å². The maximum absolute atomic E-state index is 3.59. The molecular weight excluding hydrogens is 677 g/mol. The lowest BCUT2D eigenvalue weighted by atomic mass is 9.92. The van der Waals surface area contributed by atoms with Gasteiger partial charge in [-0.25, -0.2) is 0 Å². The second-order valence-corrected chi connectivity index (χ2v) is 13.4. The summed E-state index contributed by atoms with van der Waals surface area (Å²) in [5.41, 5.74) is 10.5. The molecule has 9 rings (SSSR count). The molecule has 0 aromatic heterocycles. The lowest BCUT2D eigenvalue weighted by Crippen LogP contribution is -2.09. The zero-order valence-electron chi connectivity index (χ0n) is 30.7. The summed E-state index contributed by atoms with van der Waals surface area (Å²) in [5, 5.41) is 4.37. The van der Waals surface area contributed by atoms with Crippen molar-refractivity contribution in [3.63, 3.8) is 0 Å². The highest BCUT2D eigenvalue weighted by molar-refractivity contribution is 6.09. The minimum absolute atomic E-state index is 0.952. The zero-order valence-corrected chi connectivity index (χ0v) is 30.7. The van der Waals surface area contributed by atoms with Crippen LogP contribution in [0.4, 0.5) is 34.1 Å². The molecule has 2 heteroatoms. The molecule has 0 saturated heterocycles. The standard InChI is InChI=1S/C54H36N2/c1-5-17-43(18-6-1)55(44-19-7-2-8-20-44)47-35-29-41(30-36-47)33-39-53-49-25-13-15-27-51(49)54(52-28-16-14-26-50(52)53)40-34-42-31-37-48(38-32-42)56(45-21-9-3-10-22-45)46-23-11-4-12-24-46/h1-32,35-38H. The van der Waals surface area contributed by atoms with Gasteiger partial charge in [-0.3, -0.25) is 0 Å². The van der Waals surface area contributed by atoms with Gasteiger partial charge in [-0.15, -0.1) is 0 Å². The summed E-state index contributed by atoms with van der Waals surface area (Å²) < 4.78 is 0. The van der Waals surface area contributed by atoms with Crippen LogP contribution in [-0.4, -0.2) is 0 Å². The largest absolute Gasteiger partial charge is 0.311 e. The first-order valence-corrected chi connectivity index (χ1v) is 18.8. The van der Waals surface area contributed by atoms with Crippen molar-refractivity contribution in [2.75, 3.05) is 9.80 Å². The van der Waals surface area contributed by atoms with Crippen LogP contribution in [0.15, 0.2) is 218 Å². The highest BCUT2D eigenvalue weighted by Gasteiger charge is 2.14. The van der Waals surface area contributed by atoms with Crippen molar-refractivity contribution >= 4 is 55.7 Å². The Balaban J connectivity index is 1.06. The summed E-state index contributed by atoms with van der Waals surface area (Å²) in [6.45, 7) is 0. The summed E-state index contributed by atoms with van der Waals surface area (Å²) in [6.07, 6.45) is 0. The Morgan fingerprint density at radius 2 is 0.446 bits per heavy atom. The minimum atomic E-state index is 0.952. The molecule has 0 aliphatic heterocycles. The first kappa shape index (κ1) is 34.0. The first-order chi connectivity index (χ1) is 27.8. The SMILES string of the molecule is C(#Cc1c2ccccc2c(C#Cc2ccc(N(c3ccccc3)c3ccccc3)cc2)c2ccccc12)c1ccc(N(c2ccccc2)c2ccccc2)cc1. The third-order valence-corrected chi connectivity index (χ3v) is 9.90. The number of anilines is 6. The van der Waals surface area contributed by atoms with E-state index in [4.69, 9.17) is 0 Å². The second kappa shape index (κ2) is 15.7. The predicted octanol–water partition coefficient (Wildman–Crippen LogP) is 13.7. The molecule has 0 heterocycles. The van der Waals surface area contributed by atoms with Gasteiger partial charge in [-0.05, 0) is 119 Å². The van der Waals surface area contributed by atoms with Crippen molar-refractivity contribution in [2.24, 2.45) is 0 Å². The molecule has 0 fully saturated rings. The molecule has 9 aromatic rings. The molecule has 0 N–H and O–H groups in total. The van der Waals surface area contributed by atoms with Crippen LogP contribution < -0.4 is 9.80 Å². The van der Waals surface area contributed by atoms with E-state index < -0.39 is 0 Å². The van der Waals surface area contributed by atoms with Gasteiger partial charge in [-0.1, -0.05) is 145 Å². The Morgan fingerprint density at radius 3 is 0.714 bits per heavy atom. The Kier molecular flexibility index (Phi) is 9.52. The van der Waals surface area contributed by atoms with Gasteiger partial charge in [0.15, 0.2) is 0 Å². The maximum Gasteiger partial charge on any atom is 0.0462 e. The number of nitrogens with zero attached hydrogens (tertiary/aromatic N) is 2. The van der Waals surface area contributed by atoms with E-state index in [9.17, 15) is 0 Å². The molecule has 0 radical (unpaired) electrons. The van der Waals surface area contributed by atoms with Gasteiger partial charge in [0.25, 0.3) is 0 Å². The average Bonchev–Trinajstić information content (AvgIpc) is 3.27. The Bertz CT molecular complexity index is 2540. The van der Waals surface area contributed by atoms with Gasteiger partial charge in [0.1, 0.15) is 0 Å². The molecule has 0 aliphatic rings. The van der Waals surface area contributed by atoms with E-state index in [-0.39, 0.29) is 0 Å².